The van der Waals surface area contributed by atoms with Crippen molar-refractivity contribution in [2.24, 2.45) is 0 Å². The van der Waals surface area contributed by atoms with Crippen LogP contribution in [0.2, 0.25) is 0 Å². The minimum Gasteiger partial charge on any atom is -0.484 e. The number of hydrogen-bond donors (Lipinski definition) is 1. The van der Waals surface area contributed by atoms with Crippen LogP contribution in [0.4, 0.5) is 14.5 Å². The first-order chi connectivity index (χ1) is 14.9. The van der Waals surface area contributed by atoms with E-state index in [0.29, 0.717) is 11.3 Å². The van der Waals surface area contributed by atoms with Crippen LogP contribution < -0.4 is 14.8 Å². The molecule has 31 heavy (non-hydrogen) atoms. The van der Waals surface area contributed by atoms with E-state index in [2.05, 4.69) is 10.1 Å². The largest absolute Gasteiger partial charge is 0.484 e. The van der Waals surface area contributed by atoms with Crippen LogP contribution in [0.5, 0.6) is 11.5 Å². The number of carbonyl (C=O) groups excluding carboxylic acids is 1. The molecule has 3 rings (SSSR count). The van der Waals surface area contributed by atoms with Crippen LogP contribution in [0.25, 0.3) is 0 Å². The van der Waals surface area contributed by atoms with Crippen molar-refractivity contribution >= 4 is 11.6 Å². The Bertz CT molecular complexity index is 1010. The second-order valence-electron chi connectivity index (χ2n) is 6.40. The number of nitrogens with zero attached hydrogens (tertiary/aromatic N) is 1. The second kappa shape index (κ2) is 10.1. The third-order valence-corrected chi connectivity index (χ3v) is 4.29. The molecule has 0 saturated carbocycles. The molecule has 0 radical (unpaired) electrons. The summed E-state index contributed by atoms with van der Waals surface area (Å²) < 4.78 is 34.5. The van der Waals surface area contributed by atoms with E-state index in [1.165, 1.54) is 36.4 Å². The summed E-state index contributed by atoms with van der Waals surface area (Å²) in [5.74, 6) is -0.107. The minimum absolute atomic E-state index is 0.0124. The second-order valence-corrected chi connectivity index (χ2v) is 6.40. The van der Waals surface area contributed by atoms with Crippen molar-refractivity contribution < 1.29 is 28.0 Å². The molecule has 3 aromatic rings. The number of hydrogen-bond acceptors (Lipinski definition) is 5. The van der Waals surface area contributed by atoms with Gasteiger partial charge in [-0.05, 0) is 35.4 Å². The number of benzene rings is 3. The van der Waals surface area contributed by atoms with Gasteiger partial charge in [-0.2, -0.15) is 8.78 Å². The monoisotopic (exact) mass is 428 g/mol. The highest BCUT2D eigenvalue weighted by Crippen LogP contribution is 2.25. The summed E-state index contributed by atoms with van der Waals surface area (Å²) in [4.78, 5) is 22.7. The number of nitro benzene ring substituents is 1. The number of nitrogens with one attached hydrogen (secondary N) is 1. The number of rotatable bonds is 9. The molecule has 0 aromatic heterocycles. The smallest absolute Gasteiger partial charge is 0.387 e. The summed E-state index contributed by atoms with van der Waals surface area (Å²) in [6.45, 7) is -3.24. The van der Waals surface area contributed by atoms with E-state index in [-0.39, 0.29) is 18.0 Å². The molecule has 0 aliphatic rings. The van der Waals surface area contributed by atoms with Gasteiger partial charge in [-0.1, -0.05) is 42.5 Å². The van der Waals surface area contributed by atoms with Gasteiger partial charge in [0.15, 0.2) is 6.61 Å². The molecule has 0 saturated heterocycles. The number of amides is 1. The van der Waals surface area contributed by atoms with Gasteiger partial charge in [-0.15, -0.1) is 0 Å². The Balaban J connectivity index is 1.70. The highest BCUT2D eigenvalue weighted by molar-refractivity contribution is 5.78. The molecule has 7 nitrogen and oxygen atoms in total. The molecular formula is C22H18F2N2O5. The van der Waals surface area contributed by atoms with E-state index in [9.17, 15) is 23.7 Å². The van der Waals surface area contributed by atoms with Gasteiger partial charge in [0.25, 0.3) is 11.6 Å². The molecule has 3 aromatic carbocycles. The van der Waals surface area contributed by atoms with Gasteiger partial charge in [-0.25, -0.2) is 0 Å². The zero-order valence-electron chi connectivity index (χ0n) is 16.1. The highest BCUT2D eigenvalue weighted by atomic mass is 19.3. The maximum atomic E-state index is 12.5. The molecule has 0 aliphatic heterocycles. The molecular weight excluding hydrogens is 410 g/mol. The van der Waals surface area contributed by atoms with Crippen molar-refractivity contribution in [1.82, 2.24) is 5.32 Å². The average molecular weight is 428 g/mol. The van der Waals surface area contributed by atoms with Crippen molar-refractivity contribution in [3.63, 3.8) is 0 Å². The number of ether oxygens (including phenoxy) is 2. The number of alkyl halides is 2. The zero-order chi connectivity index (χ0) is 22.2. The van der Waals surface area contributed by atoms with E-state index < -0.39 is 23.5 Å². The summed E-state index contributed by atoms with van der Waals surface area (Å²) >= 11 is 0. The molecule has 1 atom stereocenters. The molecule has 0 spiro atoms. The third-order valence-electron chi connectivity index (χ3n) is 4.29. The molecule has 0 aliphatic carbocycles. The lowest BCUT2D eigenvalue weighted by atomic mass is 9.98. The quantitative estimate of drug-likeness (QED) is 0.401. The predicted octanol–water partition coefficient (Wildman–Crippen LogP) is 4.48. The Hall–Kier alpha value is -4.01. The van der Waals surface area contributed by atoms with E-state index >= 15 is 0 Å². The summed E-state index contributed by atoms with van der Waals surface area (Å²) in [6, 6.07) is 19.9. The van der Waals surface area contributed by atoms with Crippen molar-refractivity contribution in [3.05, 3.63) is 100 Å². The summed E-state index contributed by atoms with van der Waals surface area (Å²) in [5, 5.41) is 13.5. The molecule has 160 valence electrons. The van der Waals surface area contributed by atoms with Gasteiger partial charge in [0.2, 0.25) is 0 Å². The maximum absolute atomic E-state index is 12.5. The van der Waals surface area contributed by atoms with Gasteiger partial charge in [0, 0.05) is 12.1 Å². The summed E-state index contributed by atoms with van der Waals surface area (Å²) in [5.41, 5.74) is 1.37. The Labute approximate surface area is 176 Å². The fourth-order valence-corrected chi connectivity index (χ4v) is 2.86. The van der Waals surface area contributed by atoms with E-state index in [0.717, 1.165) is 5.56 Å². The van der Waals surface area contributed by atoms with Crippen LogP contribution in [-0.2, 0) is 4.79 Å². The molecule has 1 N–H and O–H groups in total. The van der Waals surface area contributed by atoms with Crippen LogP contribution in [0.3, 0.4) is 0 Å². The maximum Gasteiger partial charge on any atom is 0.387 e. The SMILES string of the molecule is O=C(COc1ccc([N+](=O)[O-])cc1)NC(c1ccccc1)c1ccc(OC(F)F)cc1. The Kier molecular flexibility index (Phi) is 7.10. The lowest BCUT2D eigenvalue weighted by molar-refractivity contribution is -0.384. The average Bonchev–Trinajstić information content (AvgIpc) is 2.77. The summed E-state index contributed by atoms with van der Waals surface area (Å²) in [7, 11) is 0. The Morgan fingerprint density at radius 3 is 2.06 bits per heavy atom. The van der Waals surface area contributed by atoms with E-state index in [1.807, 2.05) is 30.3 Å². The van der Waals surface area contributed by atoms with Crippen LogP contribution >= 0.6 is 0 Å². The molecule has 0 fully saturated rings. The topological polar surface area (TPSA) is 90.7 Å². The van der Waals surface area contributed by atoms with E-state index in [1.54, 1.807) is 12.1 Å². The number of halogens is 2. The highest BCUT2D eigenvalue weighted by Gasteiger charge is 2.18. The number of non-ortho nitro benzene ring substituents is 1. The van der Waals surface area contributed by atoms with Crippen molar-refractivity contribution in [2.45, 2.75) is 12.7 Å². The third kappa shape index (κ3) is 6.23. The number of nitro groups is 1. The van der Waals surface area contributed by atoms with Gasteiger partial charge >= 0.3 is 6.61 Å². The predicted molar refractivity (Wildman–Crippen MR) is 108 cm³/mol. The zero-order valence-corrected chi connectivity index (χ0v) is 16.1. The van der Waals surface area contributed by atoms with Crippen molar-refractivity contribution in [1.29, 1.82) is 0 Å². The first-order valence-corrected chi connectivity index (χ1v) is 9.18. The fourth-order valence-electron chi connectivity index (χ4n) is 2.86. The minimum atomic E-state index is -2.92. The van der Waals surface area contributed by atoms with Crippen molar-refractivity contribution in [3.8, 4) is 11.5 Å². The lowest BCUT2D eigenvalue weighted by Gasteiger charge is -2.20. The van der Waals surface area contributed by atoms with E-state index in [4.69, 9.17) is 4.74 Å². The molecule has 0 bridgehead atoms. The first-order valence-electron chi connectivity index (χ1n) is 9.18. The van der Waals surface area contributed by atoms with Crippen molar-refractivity contribution in [2.75, 3.05) is 6.61 Å². The van der Waals surface area contributed by atoms with Crippen LogP contribution in [0.15, 0.2) is 78.9 Å². The van der Waals surface area contributed by atoms with Crippen LogP contribution in [0, 0.1) is 10.1 Å². The van der Waals surface area contributed by atoms with Crippen LogP contribution in [-0.4, -0.2) is 24.0 Å². The lowest BCUT2D eigenvalue weighted by Crippen LogP contribution is -2.33. The first kappa shape index (κ1) is 21.7. The standard InChI is InChI=1S/C22H18F2N2O5/c23-22(24)31-19-10-6-16(7-11-19)21(15-4-2-1-3-5-15)25-20(27)14-30-18-12-8-17(9-13-18)26(28)29/h1-13,21-22H,14H2,(H,25,27). The Morgan fingerprint density at radius 1 is 0.903 bits per heavy atom. The Morgan fingerprint density at radius 2 is 1.48 bits per heavy atom. The van der Waals surface area contributed by atoms with Gasteiger partial charge in [0.1, 0.15) is 11.5 Å². The summed E-state index contributed by atoms with van der Waals surface area (Å²) in [6.07, 6.45) is 0. The molecule has 9 heteroatoms. The molecule has 1 amide bonds. The molecule has 0 heterocycles. The van der Waals surface area contributed by atoms with Gasteiger partial charge in [0.05, 0.1) is 11.0 Å². The fraction of sp³-hybridized carbons (Fsp3) is 0.136. The molecule has 1 unspecified atom stereocenters. The van der Waals surface area contributed by atoms with Gasteiger partial charge < -0.3 is 14.8 Å². The van der Waals surface area contributed by atoms with Gasteiger partial charge in [-0.3, -0.25) is 14.9 Å². The normalized spacial score (nSPS) is 11.6. The van der Waals surface area contributed by atoms with Crippen LogP contribution in [0.1, 0.15) is 17.2 Å². The number of carbonyl (C=O) groups is 1.